The van der Waals surface area contributed by atoms with E-state index in [9.17, 15) is 9.59 Å². The molecule has 4 aromatic carbocycles. The van der Waals surface area contributed by atoms with Gasteiger partial charge in [0.05, 0.1) is 29.0 Å². The van der Waals surface area contributed by atoms with Crippen LogP contribution >= 0.6 is 34.9 Å². The van der Waals surface area contributed by atoms with E-state index >= 15 is 0 Å². The fourth-order valence-electron chi connectivity index (χ4n) is 7.13. The first kappa shape index (κ1) is 34.3. The van der Waals surface area contributed by atoms with Crippen LogP contribution in [0.3, 0.4) is 0 Å². The monoisotopic (exact) mass is 766 g/mol. The molecule has 0 fully saturated rings. The number of fused-ring (bicyclic) bond motifs is 8. The van der Waals surface area contributed by atoms with Crippen LogP contribution < -0.4 is 10.6 Å². The molecule has 0 radical (unpaired) electrons. The Morgan fingerprint density at radius 1 is 0.611 bits per heavy atom. The van der Waals surface area contributed by atoms with Gasteiger partial charge in [0.15, 0.2) is 16.0 Å². The van der Waals surface area contributed by atoms with Crippen molar-refractivity contribution in [2.45, 2.75) is 41.7 Å². The third-order valence-corrected chi connectivity index (χ3v) is 12.7. The summed E-state index contributed by atoms with van der Waals surface area (Å²) in [5, 5.41) is 27.2. The van der Waals surface area contributed by atoms with Gasteiger partial charge in [-0.05, 0) is 47.1 Å². The highest BCUT2D eigenvalue weighted by atomic mass is 32.2. The van der Waals surface area contributed by atoms with Crippen LogP contribution in [-0.4, -0.2) is 52.5 Å². The van der Waals surface area contributed by atoms with Crippen LogP contribution in [0.1, 0.15) is 51.2 Å². The molecule has 0 saturated heterocycles. The van der Waals surface area contributed by atoms with E-state index in [2.05, 4.69) is 31.0 Å². The van der Waals surface area contributed by atoms with Crippen LogP contribution in [0.25, 0.3) is 21.6 Å². The SMILES string of the molecule is O=C(CSc1nnc2c3c4c(sc3n3c(SCC(=O)NC(c5ccccc5)c5ccccc5)nnc3n12)CCC4)NC(c1ccccc1)c1ccccc1. The van der Waals surface area contributed by atoms with Crippen molar-refractivity contribution >= 4 is 68.3 Å². The first-order valence-electron chi connectivity index (χ1n) is 17.7. The predicted octanol–water partition coefficient (Wildman–Crippen LogP) is 7.47. The predicted molar refractivity (Wildman–Crippen MR) is 214 cm³/mol. The number of thiophene rings is 1. The molecule has 1 aliphatic carbocycles. The highest BCUT2D eigenvalue weighted by molar-refractivity contribution is 8.00. The van der Waals surface area contributed by atoms with Gasteiger partial charge in [-0.15, -0.1) is 31.7 Å². The summed E-state index contributed by atoms with van der Waals surface area (Å²) in [5.41, 5.74) is 6.02. The molecule has 13 heteroatoms. The first-order chi connectivity index (χ1) is 26.6. The Bertz CT molecular complexity index is 2510. The smallest absolute Gasteiger partial charge is 0.245 e. The molecule has 4 aromatic heterocycles. The highest BCUT2D eigenvalue weighted by Gasteiger charge is 2.28. The molecule has 9 rings (SSSR count). The van der Waals surface area contributed by atoms with Gasteiger partial charge >= 0.3 is 0 Å². The van der Waals surface area contributed by atoms with Gasteiger partial charge in [0.1, 0.15) is 4.83 Å². The Balaban J connectivity index is 1.00. The topological polar surface area (TPSA) is 119 Å². The number of benzene rings is 4. The summed E-state index contributed by atoms with van der Waals surface area (Å²) in [6, 6.07) is 39.3. The van der Waals surface area contributed by atoms with Gasteiger partial charge in [-0.2, -0.15) is 0 Å². The van der Waals surface area contributed by atoms with E-state index in [1.165, 1.54) is 34.0 Å². The second-order valence-corrected chi connectivity index (χ2v) is 16.0. The lowest BCUT2D eigenvalue weighted by Crippen LogP contribution is -2.30. The molecule has 2 N–H and O–H groups in total. The highest BCUT2D eigenvalue weighted by Crippen LogP contribution is 2.41. The summed E-state index contributed by atoms with van der Waals surface area (Å²) in [4.78, 5) is 29.5. The molecule has 54 heavy (non-hydrogen) atoms. The molecule has 0 aliphatic heterocycles. The minimum atomic E-state index is -0.292. The molecule has 0 bridgehead atoms. The molecule has 2 amide bonds. The van der Waals surface area contributed by atoms with Crippen LogP contribution in [-0.2, 0) is 22.4 Å². The van der Waals surface area contributed by atoms with Crippen molar-refractivity contribution in [3.05, 3.63) is 154 Å². The maximum absolute atomic E-state index is 13.6. The number of amides is 2. The number of aromatic nitrogens is 6. The Morgan fingerprint density at radius 2 is 1.07 bits per heavy atom. The van der Waals surface area contributed by atoms with Gasteiger partial charge in [0, 0.05) is 4.88 Å². The van der Waals surface area contributed by atoms with E-state index < -0.39 is 0 Å². The molecule has 268 valence electrons. The third kappa shape index (κ3) is 6.63. The Morgan fingerprint density at radius 3 is 1.57 bits per heavy atom. The number of carbonyl (C=O) groups is 2. The van der Waals surface area contributed by atoms with Crippen LogP contribution in [0, 0.1) is 0 Å². The fourth-order valence-corrected chi connectivity index (χ4v) is 10.1. The van der Waals surface area contributed by atoms with Gasteiger partial charge in [-0.3, -0.25) is 9.59 Å². The molecule has 4 heterocycles. The normalized spacial score (nSPS) is 12.6. The average Bonchev–Trinajstić information content (AvgIpc) is 4.02. The quantitative estimate of drug-likeness (QED) is 0.123. The Hall–Kier alpha value is -5.50. The Kier molecular flexibility index (Phi) is 9.58. The largest absolute Gasteiger partial charge is 0.344 e. The van der Waals surface area contributed by atoms with Crippen LogP contribution in [0.5, 0.6) is 0 Å². The van der Waals surface area contributed by atoms with E-state index in [4.69, 9.17) is 0 Å². The van der Waals surface area contributed by atoms with Crippen LogP contribution in [0.4, 0.5) is 0 Å². The number of nitrogens with one attached hydrogen (secondary N) is 2. The van der Waals surface area contributed by atoms with Crippen molar-refractivity contribution in [3.63, 3.8) is 0 Å². The third-order valence-electron chi connectivity index (χ3n) is 9.59. The van der Waals surface area contributed by atoms with Crippen LogP contribution in [0.2, 0.25) is 0 Å². The molecule has 0 spiro atoms. The van der Waals surface area contributed by atoms with E-state index in [-0.39, 0.29) is 35.4 Å². The number of nitrogens with zero attached hydrogens (tertiary/aromatic N) is 6. The minimum Gasteiger partial charge on any atom is -0.344 e. The lowest BCUT2D eigenvalue weighted by atomic mass is 9.99. The molecule has 10 nitrogen and oxygen atoms in total. The summed E-state index contributed by atoms with van der Waals surface area (Å²) < 4.78 is 3.94. The molecular weight excluding hydrogens is 733 g/mol. The van der Waals surface area contributed by atoms with Crippen molar-refractivity contribution in [3.8, 4) is 0 Å². The second-order valence-electron chi connectivity index (χ2n) is 13.0. The van der Waals surface area contributed by atoms with Crippen molar-refractivity contribution < 1.29 is 9.59 Å². The van der Waals surface area contributed by atoms with Gasteiger partial charge in [0.2, 0.25) is 17.6 Å². The van der Waals surface area contributed by atoms with Gasteiger partial charge in [-0.1, -0.05) is 145 Å². The van der Waals surface area contributed by atoms with Crippen LogP contribution in [0.15, 0.2) is 132 Å². The van der Waals surface area contributed by atoms with E-state index in [0.717, 1.165) is 51.7 Å². The molecule has 0 saturated carbocycles. The molecule has 8 aromatic rings. The van der Waals surface area contributed by atoms with E-state index in [0.29, 0.717) is 21.7 Å². The maximum atomic E-state index is 13.6. The maximum Gasteiger partial charge on any atom is 0.245 e. The minimum absolute atomic E-state index is 0.115. The number of rotatable bonds is 12. The lowest BCUT2D eigenvalue weighted by molar-refractivity contribution is -0.119. The fraction of sp³-hybridized carbons (Fsp3) is 0.171. The summed E-state index contributed by atoms with van der Waals surface area (Å²) >= 11 is 4.40. The average molecular weight is 767 g/mol. The number of thioether (sulfide) groups is 2. The lowest BCUT2D eigenvalue weighted by Gasteiger charge is -2.19. The standard InChI is InChI=1S/C41H34N8O2S3/c50-32(42-35(26-14-5-1-6-15-26)27-16-7-2-8-17-27)24-52-40-46-44-37-34-30-22-13-23-31(30)54-38(34)49-39(48(37)40)45-47-41(49)53-25-33(51)43-36(28-18-9-3-10-19-28)29-20-11-4-12-21-29/h1-12,14-21,35-36H,13,22-25H2,(H,42,50)(H,43,51). The van der Waals surface area contributed by atoms with Gasteiger partial charge in [0.25, 0.3) is 0 Å². The van der Waals surface area contributed by atoms with E-state index in [1.54, 1.807) is 11.3 Å². The first-order valence-corrected chi connectivity index (χ1v) is 20.5. The van der Waals surface area contributed by atoms with Gasteiger partial charge < -0.3 is 10.6 Å². The summed E-state index contributed by atoms with van der Waals surface area (Å²) in [7, 11) is 0. The van der Waals surface area contributed by atoms with Crippen molar-refractivity contribution in [2.24, 2.45) is 0 Å². The Labute approximate surface area is 323 Å². The van der Waals surface area contributed by atoms with Crippen molar-refractivity contribution in [1.29, 1.82) is 0 Å². The summed E-state index contributed by atoms with van der Waals surface area (Å²) in [6.07, 6.45) is 3.06. The summed E-state index contributed by atoms with van der Waals surface area (Å²) in [6.45, 7) is 0. The molecular formula is C41H34N8O2S3. The summed E-state index contributed by atoms with van der Waals surface area (Å²) in [5.74, 6) is 0.580. The number of carbonyl (C=O) groups excluding carboxylic acids is 2. The zero-order chi connectivity index (χ0) is 36.4. The number of aryl methyl sites for hydroxylation is 2. The van der Waals surface area contributed by atoms with Gasteiger partial charge in [-0.25, -0.2) is 8.80 Å². The molecule has 0 atom stereocenters. The zero-order valence-corrected chi connectivity index (χ0v) is 31.4. The zero-order valence-electron chi connectivity index (χ0n) is 29.0. The van der Waals surface area contributed by atoms with Crippen molar-refractivity contribution in [1.82, 2.24) is 39.8 Å². The second kappa shape index (κ2) is 15.1. The van der Waals surface area contributed by atoms with E-state index in [1.807, 2.05) is 130 Å². The number of hydrogen-bond acceptors (Lipinski definition) is 9. The molecule has 1 aliphatic rings. The van der Waals surface area contributed by atoms with Crippen molar-refractivity contribution in [2.75, 3.05) is 11.5 Å². The number of hydrogen-bond donors (Lipinski definition) is 2. The molecule has 0 unspecified atom stereocenters.